The summed E-state index contributed by atoms with van der Waals surface area (Å²) in [4.78, 5) is 11.9. The Balaban J connectivity index is 2.39. The van der Waals surface area contributed by atoms with Gasteiger partial charge in [0, 0.05) is 50.2 Å². The summed E-state index contributed by atoms with van der Waals surface area (Å²) < 4.78 is 46.4. The van der Waals surface area contributed by atoms with Crippen molar-refractivity contribution in [2.45, 2.75) is 25.9 Å². The lowest BCUT2D eigenvalue weighted by atomic mass is 10.1. The molecule has 0 atom stereocenters. The zero-order chi connectivity index (χ0) is 23.7. The number of anilines is 1. The highest BCUT2D eigenvalue weighted by atomic mass is 19.4. The van der Waals surface area contributed by atoms with Gasteiger partial charge in [0.05, 0.1) is 24.5 Å². The van der Waals surface area contributed by atoms with E-state index in [1.54, 1.807) is 11.0 Å². The highest BCUT2D eigenvalue weighted by Crippen LogP contribution is 2.36. The number of allylic oxidation sites excluding steroid dienone is 1. The molecule has 1 saturated heterocycles. The van der Waals surface area contributed by atoms with Crippen LogP contribution in [0.25, 0.3) is 5.70 Å². The van der Waals surface area contributed by atoms with Gasteiger partial charge in [-0.2, -0.15) is 13.2 Å². The topological polar surface area (TPSA) is 113 Å². The Labute approximate surface area is 186 Å². The molecule has 1 aromatic rings. The van der Waals surface area contributed by atoms with Crippen LogP contribution in [0.5, 0.6) is 0 Å². The van der Waals surface area contributed by atoms with Crippen LogP contribution in [-0.4, -0.2) is 71.8 Å². The van der Waals surface area contributed by atoms with Gasteiger partial charge in [0.15, 0.2) is 5.96 Å². The molecule has 8 nitrogen and oxygen atoms in total. The molecule has 0 saturated carbocycles. The minimum Gasteiger partial charge on any atom is -0.396 e. The molecule has 0 bridgehead atoms. The van der Waals surface area contributed by atoms with Crippen LogP contribution < -0.4 is 11.5 Å². The number of nitrogens with two attached hydrogens (primary N) is 2. The molecule has 2 heterocycles. The first kappa shape index (κ1) is 25.5. The van der Waals surface area contributed by atoms with E-state index in [-0.39, 0.29) is 29.6 Å². The van der Waals surface area contributed by atoms with Crippen molar-refractivity contribution in [1.82, 2.24) is 14.8 Å². The standard InChI is InChI=1S/C21H31F3N6O2/c1-15(2)29(7-4-10-31)6-3-5-18(28-20(26)30-8-11-32-12-9-30)16-14-27-19(25)13-17(16)21(22,23)24/h5,13-14,31H,1,3-4,6-12H2,2H3,(H2,25,27)(H2,26,28)/b18-5-. The number of hydrogen-bond donors (Lipinski definition) is 3. The number of hydrogen-bond acceptors (Lipinski definition) is 6. The van der Waals surface area contributed by atoms with Gasteiger partial charge in [0.1, 0.15) is 5.82 Å². The van der Waals surface area contributed by atoms with E-state index in [2.05, 4.69) is 16.6 Å². The van der Waals surface area contributed by atoms with Crippen LogP contribution in [0.3, 0.4) is 0 Å². The third-order valence-electron chi connectivity index (χ3n) is 4.94. The number of aliphatic imine (C=N–C) groups is 1. The molecular weight excluding hydrogens is 425 g/mol. The van der Waals surface area contributed by atoms with Gasteiger partial charge in [-0.05, 0) is 25.8 Å². The van der Waals surface area contributed by atoms with Crippen molar-refractivity contribution in [1.29, 1.82) is 0 Å². The monoisotopic (exact) mass is 456 g/mol. The molecule has 1 aliphatic rings. The van der Waals surface area contributed by atoms with Gasteiger partial charge in [-0.15, -0.1) is 0 Å². The number of nitrogens with zero attached hydrogens (tertiary/aromatic N) is 4. The van der Waals surface area contributed by atoms with Crippen LogP contribution in [0.15, 0.2) is 35.6 Å². The van der Waals surface area contributed by atoms with Crippen LogP contribution in [0, 0.1) is 0 Å². The number of nitrogen functional groups attached to an aromatic ring is 1. The van der Waals surface area contributed by atoms with E-state index in [1.807, 2.05) is 11.8 Å². The van der Waals surface area contributed by atoms with E-state index in [0.29, 0.717) is 52.2 Å². The highest BCUT2D eigenvalue weighted by molar-refractivity contribution is 5.86. The van der Waals surface area contributed by atoms with E-state index in [9.17, 15) is 13.2 Å². The number of pyridine rings is 1. The number of alkyl halides is 3. The summed E-state index contributed by atoms with van der Waals surface area (Å²) in [6, 6.07) is 0.797. The fourth-order valence-corrected chi connectivity index (χ4v) is 3.22. The summed E-state index contributed by atoms with van der Waals surface area (Å²) in [6.07, 6.45) is -1.02. The third kappa shape index (κ3) is 7.41. The molecule has 2 rings (SSSR count). The molecule has 0 unspecified atom stereocenters. The normalized spacial score (nSPS) is 15.7. The fraction of sp³-hybridized carbons (Fsp3) is 0.524. The Morgan fingerprint density at radius 3 is 2.66 bits per heavy atom. The lowest BCUT2D eigenvalue weighted by Gasteiger charge is -2.28. The van der Waals surface area contributed by atoms with Gasteiger partial charge < -0.3 is 31.1 Å². The van der Waals surface area contributed by atoms with Crippen LogP contribution in [0.1, 0.15) is 30.9 Å². The number of aliphatic hydroxyl groups is 1. The maximum absolute atomic E-state index is 13.7. The predicted molar refractivity (Wildman–Crippen MR) is 118 cm³/mol. The Morgan fingerprint density at radius 2 is 2.06 bits per heavy atom. The second kappa shape index (κ2) is 11.7. The molecular formula is C21H31F3N6O2. The molecule has 32 heavy (non-hydrogen) atoms. The van der Waals surface area contributed by atoms with Gasteiger partial charge >= 0.3 is 6.18 Å². The molecule has 1 fully saturated rings. The van der Waals surface area contributed by atoms with Crippen LogP contribution >= 0.6 is 0 Å². The summed E-state index contributed by atoms with van der Waals surface area (Å²) in [5.74, 6) is -0.121. The maximum Gasteiger partial charge on any atom is 0.417 e. The number of rotatable bonds is 9. The fourth-order valence-electron chi connectivity index (χ4n) is 3.22. The lowest BCUT2D eigenvalue weighted by Crippen LogP contribution is -2.44. The second-order valence-electron chi connectivity index (χ2n) is 7.40. The van der Waals surface area contributed by atoms with E-state index in [1.165, 1.54) is 0 Å². The number of aliphatic hydroxyl groups excluding tert-OH is 1. The summed E-state index contributed by atoms with van der Waals surface area (Å²) in [7, 11) is 0. The Hall–Kier alpha value is -2.79. The number of morpholine rings is 1. The number of ether oxygens (including phenoxy) is 1. The van der Waals surface area contributed by atoms with Crippen LogP contribution in [-0.2, 0) is 10.9 Å². The molecule has 0 aliphatic carbocycles. The SMILES string of the molecule is C=C(C)N(CC/C=C(\N=C(N)N1CCOCC1)c1cnc(N)cc1C(F)(F)F)CCCO. The summed E-state index contributed by atoms with van der Waals surface area (Å²) in [5, 5.41) is 9.07. The molecule has 178 valence electrons. The molecule has 0 radical (unpaired) electrons. The van der Waals surface area contributed by atoms with Crippen molar-refractivity contribution in [2.24, 2.45) is 10.7 Å². The lowest BCUT2D eigenvalue weighted by molar-refractivity contribution is -0.137. The largest absolute Gasteiger partial charge is 0.417 e. The minimum atomic E-state index is -4.64. The van der Waals surface area contributed by atoms with Gasteiger partial charge in [0.2, 0.25) is 0 Å². The summed E-state index contributed by atoms with van der Waals surface area (Å²) in [6.45, 7) is 8.80. The quantitative estimate of drug-likeness (QED) is 0.386. The first-order valence-electron chi connectivity index (χ1n) is 10.3. The van der Waals surface area contributed by atoms with Crippen LogP contribution in [0.4, 0.5) is 19.0 Å². The molecule has 0 amide bonds. The van der Waals surface area contributed by atoms with Gasteiger partial charge in [-0.25, -0.2) is 9.98 Å². The van der Waals surface area contributed by atoms with E-state index in [0.717, 1.165) is 18.0 Å². The third-order valence-corrected chi connectivity index (χ3v) is 4.94. The Morgan fingerprint density at radius 1 is 1.38 bits per heavy atom. The second-order valence-corrected chi connectivity index (χ2v) is 7.40. The first-order chi connectivity index (χ1) is 15.1. The molecule has 0 spiro atoms. The van der Waals surface area contributed by atoms with Crippen molar-refractivity contribution in [3.05, 3.63) is 41.7 Å². The first-order valence-corrected chi connectivity index (χ1v) is 10.3. The predicted octanol–water partition coefficient (Wildman–Crippen LogP) is 2.28. The van der Waals surface area contributed by atoms with E-state index >= 15 is 0 Å². The number of guanidine groups is 1. The maximum atomic E-state index is 13.7. The molecule has 1 aliphatic heterocycles. The van der Waals surface area contributed by atoms with Crippen molar-refractivity contribution < 1.29 is 23.0 Å². The molecule has 11 heteroatoms. The molecule has 5 N–H and O–H groups in total. The van der Waals surface area contributed by atoms with Crippen molar-refractivity contribution in [3.8, 4) is 0 Å². The van der Waals surface area contributed by atoms with Crippen molar-refractivity contribution >= 4 is 17.5 Å². The van der Waals surface area contributed by atoms with E-state index in [4.69, 9.17) is 21.3 Å². The average Bonchev–Trinajstić information content (AvgIpc) is 2.75. The van der Waals surface area contributed by atoms with Crippen molar-refractivity contribution in [2.75, 3.05) is 51.7 Å². The summed E-state index contributed by atoms with van der Waals surface area (Å²) in [5.41, 5.74) is 11.4. The number of halogens is 3. The van der Waals surface area contributed by atoms with Gasteiger partial charge in [-0.1, -0.05) is 12.7 Å². The molecule has 0 aromatic carbocycles. The van der Waals surface area contributed by atoms with Gasteiger partial charge in [0.25, 0.3) is 0 Å². The van der Waals surface area contributed by atoms with Crippen LogP contribution in [0.2, 0.25) is 0 Å². The zero-order valence-corrected chi connectivity index (χ0v) is 18.2. The Kier molecular flexibility index (Phi) is 9.33. The smallest absolute Gasteiger partial charge is 0.396 e. The average molecular weight is 457 g/mol. The number of aromatic nitrogens is 1. The van der Waals surface area contributed by atoms with E-state index < -0.39 is 11.7 Å². The molecule has 1 aromatic heterocycles. The Bertz CT molecular complexity index is 835. The zero-order valence-electron chi connectivity index (χ0n) is 18.2. The minimum absolute atomic E-state index is 0.0390. The summed E-state index contributed by atoms with van der Waals surface area (Å²) >= 11 is 0. The highest BCUT2D eigenvalue weighted by Gasteiger charge is 2.35. The van der Waals surface area contributed by atoms with Crippen molar-refractivity contribution in [3.63, 3.8) is 0 Å². The van der Waals surface area contributed by atoms with Gasteiger partial charge in [-0.3, -0.25) is 0 Å².